The molecule has 138 valence electrons. The first-order valence-corrected chi connectivity index (χ1v) is 8.88. The average molecular weight is 450 g/mol. The van der Waals surface area contributed by atoms with Gasteiger partial charge >= 0.3 is 0 Å². The lowest BCUT2D eigenvalue weighted by molar-refractivity contribution is 0.105. The molecule has 0 amide bonds. The van der Waals surface area contributed by atoms with Crippen molar-refractivity contribution in [3.8, 4) is 0 Å². The van der Waals surface area contributed by atoms with Crippen molar-refractivity contribution in [3.63, 3.8) is 0 Å². The highest BCUT2D eigenvalue weighted by Crippen LogP contribution is 2.17. The predicted molar refractivity (Wildman–Crippen MR) is 107 cm³/mol. The molecule has 2 rings (SSSR count). The number of ether oxygens (including phenoxy) is 1. The van der Waals surface area contributed by atoms with Gasteiger partial charge in [-0.05, 0) is 32.6 Å². The minimum Gasteiger partial charge on any atom is -0.378 e. The zero-order valence-corrected chi connectivity index (χ0v) is 17.4. The van der Waals surface area contributed by atoms with E-state index in [4.69, 9.17) is 14.3 Å². The summed E-state index contributed by atoms with van der Waals surface area (Å²) in [6.45, 7) is 9.48. The summed E-state index contributed by atoms with van der Waals surface area (Å²) in [5.41, 5.74) is 2.15. The fourth-order valence-electron chi connectivity index (χ4n) is 2.84. The number of aliphatic imine (C=N–C) groups is 1. The SMILES string of the molecule is CCNC(=NCc1c(CC)noc1CC)NCCC1CCCO1.I. The summed E-state index contributed by atoms with van der Waals surface area (Å²) in [7, 11) is 0. The summed E-state index contributed by atoms with van der Waals surface area (Å²) in [5.74, 6) is 1.79. The number of aryl methyl sites for hydroxylation is 2. The molecular weight excluding hydrogens is 419 g/mol. The number of aromatic nitrogens is 1. The molecule has 2 N–H and O–H groups in total. The van der Waals surface area contributed by atoms with Crippen molar-refractivity contribution in [1.29, 1.82) is 0 Å². The third kappa shape index (κ3) is 6.23. The maximum atomic E-state index is 5.65. The first kappa shape index (κ1) is 21.2. The summed E-state index contributed by atoms with van der Waals surface area (Å²) in [4.78, 5) is 4.69. The molecule has 0 aliphatic carbocycles. The van der Waals surface area contributed by atoms with Gasteiger partial charge in [-0.15, -0.1) is 24.0 Å². The zero-order valence-electron chi connectivity index (χ0n) is 15.1. The van der Waals surface area contributed by atoms with E-state index in [2.05, 4.69) is 36.6 Å². The van der Waals surface area contributed by atoms with Crippen LogP contribution in [0.5, 0.6) is 0 Å². The first-order chi connectivity index (χ1) is 11.3. The normalized spacial score (nSPS) is 17.6. The Morgan fingerprint density at radius 3 is 2.71 bits per heavy atom. The molecule has 1 atom stereocenters. The number of nitrogens with zero attached hydrogens (tertiary/aromatic N) is 2. The summed E-state index contributed by atoms with van der Waals surface area (Å²) < 4.78 is 11.1. The van der Waals surface area contributed by atoms with Crippen LogP contribution in [-0.2, 0) is 24.1 Å². The molecule has 0 aromatic carbocycles. The van der Waals surface area contributed by atoms with E-state index in [9.17, 15) is 0 Å². The lowest BCUT2D eigenvalue weighted by Gasteiger charge is -2.13. The fourth-order valence-corrected chi connectivity index (χ4v) is 2.84. The predicted octanol–water partition coefficient (Wildman–Crippen LogP) is 3.04. The summed E-state index contributed by atoms with van der Waals surface area (Å²) >= 11 is 0. The van der Waals surface area contributed by atoms with Crippen LogP contribution in [0.25, 0.3) is 0 Å². The summed E-state index contributed by atoms with van der Waals surface area (Å²) in [5, 5.41) is 10.8. The van der Waals surface area contributed by atoms with Crippen LogP contribution in [0.15, 0.2) is 9.52 Å². The molecule has 0 bridgehead atoms. The monoisotopic (exact) mass is 450 g/mol. The Hall–Kier alpha value is -0.830. The highest BCUT2D eigenvalue weighted by molar-refractivity contribution is 14.0. The number of rotatable bonds is 8. The van der Waals surface area contributed by atoms with E-state index in [1.165, 1.54) is 12.8 Å². The average Bonchev–Trinajstić information content (AvgIpc) is 3.21. The quantitative estimate of drug-likeness (QED) is 0.362. The number of halogens is 1. The third-order valence-electron chi connectivity index (χ3n) is 4.13. The number of hydrogen-bond acceptors (Lipinski definition) is 4. The Labute approximate surface area is 162 Å². The Morgan fingerprint density at radius 2 is 2.08 bits per heavy atom. The summed E-state index contributed by atoms with van der Waals surface area (Å²) in [6, 6.07) is 0. The van der Waals surface area contributed by atoms with Gasteiger partial charge in [0.25, 0.3) is 0 Å². The molecule has 1 aliphatic heterocycles. The van der Waals surface area contributed by atoms with Crippen LogP contribution in [0, 0.1) is 0 Å². The zero-order chi connectivity index (χ0) is 16.5. The topological polar surface area (TPSA) is 71.7 Å². The molecule has 1 saturated heterocycles. The van der Waals surface area contributed by atoms with Crippen LogP contribution in [0.3, 0.4) is 0 Å². The Morgan fingerprint density at radius 1 is 1.25 bits per heavy atom. The molecule has 7 heteroatoms. The van der Waals surface area contributed by atoms with Crippen LogP contribution in [0.4, 0.5) is 0 Å². The highest BCUT2D eigenvalue weighted by Gasteiger charge is 2.15. The molecular formula is C17H31IN4O2. The highest BCUT2D eigenvalue weighted by atomic mass is 127. The molecule has 1 aliphatic rings. The van der Waals surface area contributed by atoms with E-state index in [-0.39, 0.29) is 24.0 Å². The van der Waals surface area contributed by atoms with Gasteiger partial charge < -0.3 is 19.9 Å². The van der Waals surface area contributed by atoms with Gasteiger partial charge in [0.1, 0.15) is 5.76 Å². The van der Waals surface area contributed by atoms with Gasteiger partial charge in [0.05, 0.1) is 18.3 Å². The Balaban J connectivity index is 0.00000288. The van der Waals surface area contributed by atoms with E-state index in [1.54, 1.807) is 0 Å². The maximum Gasteiger partial charge on any atom is 0.191 e. The van der Waals surface area contributed by atoms with Gasteiger partial charge in [-0.25, -0.2) is 4.99 Å². The standard InChI is InChI=1S/C17H30N4O2.HI/c1-4-15-14(16(5-2)23-21-15)12-20-17(18-6-3)19-10-9-13-8-7-11-22-13;/h13H,4-12H2,1-3H3,(H2,18,19,20);1H. The second-order valence-corrected chi connectivity index (χ2v) is 5.78. The van der Waals surface area contributed by atoms with E-state index < -0.39 is 0 Å². The second kappa shape index (κ2) is 11.7. The molecule has 6 nitrogen and oxygen atoms in total. The molecule has 2 heterocycles. The summed E-state index contributed by atoms with van der Waals surface area (Å²) in [6.07, 6.45) is 5.51. The largest absolute Gasteiger partial charge is 0.378 e. The van der Waals surface area contributed by atoms with Gasteiger partial charge in [-0.1, -0.05) is 19.0 Å². The fraction of sp³-hybridized carbons (Fsp3) is 0.765. The molecule has 0 saturated carbocycles. The third-order valence-corrected chi connectivity index (χ3v) is 4.13. The Bertz CT molecular complexity index is 477. The molecule has 1 unspecified atom stereocenters. The second-order valence-electron chi connectivity index (χ2n) is 5.78. The van der Waals surface area contributed by atoms with Crippen molar-refractivity contribution in [3.05, 3.63) is 17.0 Å². The van der Waals surface area contributed by atoms with Gasteiger partial charge in [0.2, 0.25) is 0 Å². The molecule has 24 heavy (non-hydrogen) atoms. The van der Waals surface area contributed by atoms with Crippen LogP contribution in [-0.4, -0.2) is 36.9 Å². The molecule has 1 fully saturated rings. The van der Waals surface area contributed by atoms with Crippen LogP contribution in [0.2, 0.25) is 0 Å². The number of nitrogens with one attached hydrogen (secondary N) is 2. The molecule has 0 spiro atoms. The van der Waals surface area contributed by atoms with E-state index in [1.807, 2.05) is 0 Å². The first-order valence-electron chi connectivity index (χ1n) is 8.88. The van der Waals surface area contributed by atoms with E-state index in [0.717, 1.165) is 61.9 Å². The Kier molecular flexibility index (Phi) is 10.3. The maximum absolute atomic E-state index is 5.65. The molecule has 0 radical (unpaired) electrons. The van der Waals surface area contributed by atoms with Crippen molar-refractivity contribution in [2.45, 2.75) is 65.5 Å². The number of guanidine groups is 1. The van der Waals surface area contributed by atoms with Gasteiger partial charge in [-0.2, -0.15) is 0 Å². The van der Waals surface area contributed by atoms with Crippen LogP contribution < -0.4 is 10.6 Å². The van der Waals surface area contributed by atoms with Crippen LogP contribution >= 0.6 is 24.0 Å². The van der Waals surface area contributed by atoms with Gasteiger partial charge in [-0.3, -0.25) is 0 Å². The van der Waals surface area contributed by atoms with Gasteiger partial charge in [0, 0.05) is 31.7 Å². The smallest absolute Gasteiger partial charge is 0.191 e. The minimum absolute atomic E-state index is 0. The van der Waals surface area contributed by atoms with Crippen molar-refractivity contribution in [2.24, 2.45) is 4.99 Å². The van der Waals surface area contributed by atoms with Crippen molar-refractivity contribution in [2.75, 3.05) is 19.7 Å². The van der Waals surface area contributed by atoms with Crippen molar-refractivity contribution in [1.82, 2.24) is 15.8 Å². The van der Waals surface area contributed by atoms with E-state index in [0.29, 0.717) is 12.6 Å². The van der Waals surface area contributed by atoms with Crippen LogP contribution in [0.1, 0.15) is 57.1 Å². The lowest BCUT2D eigenvalue weighted by atomic mass is 10.1. The van der Waals surface area contributed by atoms with E-state index >= 15 is 0 Å². The molecule has 1 aromatic rings. The number of hydrogen-bond donors (Lipinski definition) is 2. The molecule has 1 aromatic heterocycles. The minimum atomic E-state index is 0. The van der Waals surface area contributed by atoms with Crippen molar-refractivity contribution >= 4 is 29.9 Å². The van der Waals surface area contributed by atoms with Crippen molar-refractivity contribution < 1.29 is 9.26 Å². The van der Waals surface area contributed by atoms with Gasteiger partial charge in [0.15, 0.2) is 5.96 Å². The lowest BCUT2D eigenvalue weighted by Crippen LogP contribution is -2.38.